The van der Waals surface area contributed by atoms with Crippen molar-refractivity contribution in [1.29, 1.82) is 0 Å². The van der Waals surface area contributed by atoms with E-state index in [4.69, 9.17) is 11.6 Å². The van der Waals surface area contributed by atoms with Gasteiger partial charge in [-0.1, -0.05) is 78.3 Å². The monoisotopic (exact) mass is 373 g/mol. The van der Waals surface area contributed by atoms with Crippen LogP contribution in [0.15, 0.2) is 85.1 Å². The first-order chi connectivity index (χ1) is 13.2. The molecule has 4 heteroatoms. The largest absolute Gasteiger partial charge is 0.335 e. The Labute approximate surface area is 161 Å². The second-order valence-corrected chi connectivity index (χ2v) is 6.70. The standard InChI is InChI=1S/C23H16ClNO2/c24-19-12-7-13-20-22(19)18(21(27)15-26)14-25(20)23(16-8-3-1-4-9-16)17-10-5-2-6-11-17/h1-15,23H. The lowest BCUT2D eigenvalue weighted by molar-refractivity contribution is -0.104. The lowest BCUT2D eigenvalue weighted by Crippen LogP contribution is -2.11. The molecule has 0 aliphatic carbocycles. The van der Waals surface area contributed by atoms with Gasteiger partial charge < -0.3 is 4.57 Å². The third-order valence-corrected chi connectivity index (χ3v) is 5.00. The van der Waals surface area contributed by atoms with Crippen molar-refractivity contribution in [3.8, 4) is 0 Å². The molecule has 0 spiro atoms. The summed E-state index contributed by atoms with van der Waals surface area (Å²) in [6, 6.07) is 25.4. The van der Waals surface area contributed by atoms with Crippen LogP contribution in [-0.2, 0) is 4.79 Å². The van der Waals surface area contributed by atoms with E-state index in [0.29, 0.717) is 22.3 Å². The van der Waals surface area contributed by atoms with Crippen molar-refractivity contribution in [2.75, 3.05) is 0 Å². The molecule has 1 aromatic heterocycles. The molecule has 1 heterocycles. The molecule has 0 unspecified atom stereocenters. The third kappa shape index (κ3) is 3.07. The van der Waals surface area contributed by atoms with Gasteiger partial charge in [0.1, 0.15) is 0 Å². The maximum Gasteiger partial charge on any atom is 0.227 e. The molecule has 0 fully saturated rings. The second-order valence-electron chi connectivity index (χ2n) is 6.29. The fraction of sp³-hybridized carbons (Fsp3) is 0.0435. The van der Waals surface area contributed by atoms with Crippen LogP contribution in [-0.4, -0.2) is 16.6 Å². The van der Waals surface area contributed by atoms with Gasteiger partial charge in [0.2, 0.25) is 5.78 Å². The number of benzene rings is 3. The predicted molar refractivity (Wildman–Crippen MR) is 107 cm³/mol. The zero-order valence-corrected chi connectivity index (χ0v) is 15.1. The number of fused-ring (bicyclic) bond motifs is 1. The molecule has 3 nitrogen and oxygen atoms in total. The minimum absolute atomic E-state index is 0.151. The van der Waals surface area contributed by atoms with Gasteiger partial charge in [-0.2, -0.15) is 0 Å². The summed E-state index contributed by atoms with van der Waals surface area (Å²) < 4.78 is 2.02. The van der Waals surface area contributed by atoms with Gasteiger partial charge in [0.05, 0.1) is 22.1 Å². The Hall–Kier alpha value is -3.17. The smallest absolute Gasteiger partial charge is 0.227 e. The molecular weight excluding hydrogens is 358 g/mol. The fourth-order valence-corrected chi connectivity index (χ4v) is 3.79. The van der Waals surface area contributed by atoms with E-state index in [1.54, 1.807) is 12.3 Å². The quantitative estimate of drug-likeness (QED) is 0.270. The minimum Gasteiger partial charge on any atom is -0.335 e. The van der Waals surface area contributed by atoms with E-state index in [1.807, 2.05) is 53.1 Å². The van der Waals surface area contributed by atoms with Crippen LogP contribution in [0.1, 0.15) is 27.5 Å². The summed E-state index contributed by atoms with van der Waals surface area (Å²) in [5.74, 6) is -0.577. The zero-order valence-electron chi connectivity index (χ0n) is 14.4. The van der Waals surface area contributed by atoms with Gasteiger partial charge in [-0.15, -0.1) is 0 Å². The molecule has 0 radical (unpaired) electrons. The maximum atomic E-state index is 12.2. The Bertz CT molecular complexity index is 1080. The number of rotatable bonds is 5. The first kappa shape index (κ1) is 17.3. The fourth-order valence-electron chi connectivity index (χ4n) is 3.52. The number of aromatic nitrogens is 1. The number of Topliss-reactive ketones (excluding diaryl/α,β-unsaturated/α-hetero) is 1. The molecule has 0 amide bonds. The van der Waals surface area contributed by atoms with Crippen molar-refractivity contribution in [3.63, 3.8) is 0 Å². The van der Waals surface area contributed by atoms with Gasteiger partial charge in [-0.25, -0.2) is 0 Å². The molecule has 0 bridgehead atoms. The Balaban J connectivity index is 2.04. The normalized spacial score (nSPS) is 11.0. The van der Waals surface area contributed by atoms with Crippen LogP contribution in [0.3, 0.4) is 0 Å². The van der Waals surface area contributed by atoms with E-state index in [1.165, 1.54) is 0 Å². The van der Waals surface area contributed by atoms with Crippen LogP contribution in [0.4, 0.5) is 0 Å². The van der Waals surface area contributed by atoms with Crippen molar-refractivity contribution in [2.24, 2.45) is 0 Å². The highest BCUT2D eigenvalue weighted by Crippen LogP contribution is 2.35. The number of hydrogen-bond donors (Lipinski definition) is 0. The second kappa shape index (κ2) is 7.22. The summed E-state index contributed by atoms with van der Waals surface area (Å²) in [5, 5.41) is 1.06. The third-order valence-electron chi connectivity index (χ3n) is 4.69. The number of carbonyl (C=O) groups excluding carboxylic acids is 2. The summed E-state index contributed by atoms with van der Waals surface area (Å²) in [6.07, 6.45) is 2.07. The van der Waals surface area contributed by atoms with Crippen LogP contribution in [0.2, 0.25) is 5.02 Å². The molecule has 0 saturated heterocycles. The van der Waals surface area contributed by atoms with E-state index < -0.39 is 5.78 Å². The van der Waals surface area contributed by atoms with E-state index in [0.717, 1.165) is 16.6 Å². The molecule has 0 atom stereocenters. The first-order valence-electron chi connectivity index (χ1n) is 8.59. The number of halogens is 1. The average molecular weight is 374 g/mol. The summed E-state index contributed by atoms with van der Waals surface area (Å²) in [4.78, 5) is 23.4. The van der Waals surface area contributed by atoms with Gasteiger partial charge in [0, 0.05) is 11.6 Å². The van der Waals surface area contributed by atoms with E-state index in [9.17, 15) is 9.59 Å². The van der Waals surface area contributed by atoms with Crippen molar-refractivity contribution in [1.82, 2.24) is 4.57 Å². The Morgan fingerprint density at radius 3 is 2.00 bits per heavy atom. The summed E-state index contributed by atoms with van der Waals surface area (Å²) >= 11 is 6.39. The highest BCUT2D eigenvalue weighted by atomic mass is 35.5. The Morgan fingerprint density at radius 2 is 1.44 bits per heavy atom. The lowest BCUT2D eigenvalue weighted by Gasteiger charge is -2.21. The Kier molecular flexibility index (Phi) is 4.61. The summed E-state index contributed by atoms with van der Waals surface area (Å²) in [6.45, 7) is 0. The van der Waals surface area contributed by atoms with Gasteiger partial charge in [0.25, 0.3) is 0 Å². The highest BCUT2D eigenvalue weighted by molar-refractivity contribution is 6.41. The van der Waals surface area contributed by atoms with Crippen LogP contribution >= 0.6 is 11.6 Å². The SMILES string of the molecule is O=CC(=O)c1cn(C(c2ccccc2)c2ccccc2)c2cccc(Cl)c12. The van der Waals surface area contributed by atoms with Gasteiger partial charge >= 0.3 is 0 Å². The maximum absolute atomic E-state index is 12.2. The number of hydrogen-bond acceptors (Lipinski definition) is 2. The molecule has 3 aromatic carbocycles. The molecular formula is C23H16ClNO2. The van der Waals surface area contributed by atoms with E-state index in [-0.39, 0.29) is 6.04 Å². The summed E-state index contributed by atoms with van der Waals surface area (Å²) in [7, 11) is 0. The minimum atomic E-state index is -0.577. The lowest BCUT2D eigenvalue weighted by atomic mass is 9.98. The van der Waals surface area contributed by atoms with Gasteiger partial charge in [-0.3, -0.25) is 9.59 Å². The number of carbonyl (C=O) groups is 2. The van der Waals surface area contributed by atoms with Crippen molar-refractivity contribution in [3.05, 3.63) is 107 Å². The van der Waals surface area contributed by atoms with Crippen LogP contribution < -0.4 is 0 Å². The van der Waals surface area contributed by atoms with Crippen molar-refractivity contribution < 1.29 is 9.59 Å². The predicted octanol–water partition coefficient (Wildman–Crippen LogP) is 5.31. The zero-order chi connectivity index (χ0) is 18.8. The van der Waals surface area contributed by atoms with Crippen LogP contribution in [0, 0.1) is 0 Å². The molecule has 4 rings (SSSR count). The topological polar surface area (TPSA) is 39.1 Å². The van der Waals surface area contributed by atoms with Crippen LogP contribution in [0.5, 0.6) is 0 Å². The molecule has 0 aliphatic heterocycles. The Morgan fingerprint density at radius 1 is 0.852 bits per heavy atom. The van der Waals surface area contributed by atoms with E-state index in [2.05, 4.69) is 24.3 Å². The summed E-state index contributed by atoms with van der Waals surface area (Å²) in [5.41, 5.74) is 3.28. The van der Waals surface area contributed by atoms with Crippen molar-refractivity contribution in [2.45, 2.75) is 6.04 Å². The molecule has 0 N–H and O–H groups in total. The molecule has 0 saturated carbocycles. The number of aldehydes is 1. The van der Waals surface area contributed by atoms with Gasteiger partial charge in [0.15, 0.2) is 6.29 Å². The first-order valence-corrected chi connectivity index (χ1v) is 8.97. The highest BCUT2D eigenvalue weighted by Gasteiger charge is 2.23. The molecule has 132 valence electrons. The molecule has 27 heavy (non-hydrogen) atoms. The number of ketones is 1. The van der Waals surface area contributed by atoms with E-state index >= 15 is 0 Å². The van der Waals surface area contributed by atoms with Crippen molar-refractivity contribution >= 4 is 34.6 Å². The average Bonchev–Trinajstić information content (AvgIpc) is 3.10. The molecule has 4 aromatic rings. The van der Waals surface area contributed by atoms with Gasteiger partial charge in [-0.05, 0) is 23.3 Å². The molecule has 0 aliphatic rings. The van der Waals surface area contributed by atoms with Crippen LogP contribution in [0.25, 0.3) is 10.9 Å². The number of nitrogens with zero attached hydrogens (tertiary/aromatic N) is 1.